The van der Waals surface area contributed by atoms with Crippen molar-refractivity contribution in [3.63, 3.8) is 0 Å². The largest absolute Gasteiger partial charge is 0.268 e. The highest BCUT2D eigenvalue weighted by atomic mass is 16.1. The van der Waals surface area contributed by atoms with Gasteiger partial charge in [-0.1, -0.05) is 51.1 Å². The third kappa shape index (κ3) is 2.56. The van der Waals surface area contributed by atoms with Crippen molar-refractivity contribution < 1.29 is 0 Å². The first-order chi connectivity index (χ1) is 10.8. The van der Waals surface area contributed by atoms with E-state index in [1.165, 1.54) is 0 Å². The van der Waals surface area contributed by atoms with Gasteiger partial charge in [0.05, 0.1) is 16.6 Å². The number of fused-ring (bicyclic) bond motifs is 1. The molecule has 0 aliphatic carbocycles. The zero-order valence-corrected chi connectivity index (χ0v) is 14.3. The first-order valence-electron chi connectivity index (χ1n) is 7.89. The molecule has 3 nitrogen and oxygen atoms in total. The van der Waals surface area contributed by atoms with Crippen LogP contribution in [0.5, 0.6) is 0 Å². The molecule has 0 saturated carbocycles. The second kappa shape index (κ2) is 5.34. The Morgan fingerprint density at radius 1 is 0.913 bits per heavy atom. The number of hydrogen-bond donors (Lipinski definition) is 0. The third-order valence-corrected chi connectivity index (χ3v) is 4.13. The van der Waals surface area contributed by atoms with Crippen LogP contribution >= 0.6 is 0 Å². The van der Waals surface area contributed by atoms with Gasteiger partial charge in [0.25, 0.3) is 5.56 Å². The highest BCUT2D eigenvalue weighted by molar-refractivity contribution is 5.81. The Morgan fingerprint density at radius 3 is 2.22 bits per heavy atom. The monoisotopic (exact) mass is 306 g/mol. The molecule has 23 heavy (non-hydrogen) atoms. The maximum Gasteiger partial charge on any atom is 0.266 e. The molecule has 2 aromatic carbocycles. The molecular weight excluding hydrogens is 284 g/mol. The van der Waals surface area contributed by atoms with Crippen molar-refractivity contribution in [3.05, 3.63) is 69.8 Å². The molecule has 3 heteroatoms. The molecular formula is C20H22N2O. The summed E-state index contributed by atoms with van der Waals surface area (Å²) in [4.78, 5) is 18.1. The van der Waals surface area contributed by atoms with E-state index in [4.69, 9.17) is 4.98 Å². The van der Waals surface area contributed by atoms with Crippen molar-refractivity contribution >= 4 is 10.9 Å². The number of nitrogens with zero attached hydrogens (tertiary/aromatic N) is 2. The molecule has 0 saturated heterocycles. The summed E-state index contributed by atoms with van der Waals surface area (Å²) < 4.78 is 1.78. The van der Waals surface area contributed by atoms with Crippen LogP contribution in [0, 0.1) is 13.8 Å². The zero-order valence-electron chi connectivity index (χ0n) is 14.3. The minimum atomic E-state index is -0.237. The molecule has 1 aromatic heterocycles. The Labute approximate surface area is 136 Å². The van der Waals surface area contributed by atoms with E-state index in [0.29, 0.717) is 5.39 Å². The summed E-state index contributed by atoms with van der Waals surface area (Å²) in [5.74, 6) is 0.787. The van der Waals surface area contributed by atoms with Gasteiger partial charge in [-0.15, -0.1) is 0 Å². The fourth-order valence-corrected chi connectivity index (χ4v) is 2.94. The van der Waals surface area contributed by atoms with E-state index < -0.39 is 0 Å². The van der Waals surface area contributed by atoms with Crippen molar-refractivity contribution in [3.8, 4) is 5.69 Å². The summed E-state index contributed by atoms with van der Waals surface area (Å²) in [6.07, 6.45) is 0. The molecule has 0 fully saturated rings. The van der Waals surface area contributed by atoms with Gasteiger partial charge in [0, 0.05) is 5.41 Å². The van der Waals surface area contributed by atoms with Crippen molar-refractivity contribution in [2.45, 2.75) is 40.0 Å². The Balaban J connectivity index is 2.53. The highest BCUT2D eigenvalue weighted by Crippen LogP contribution is 2.25. The zero-order chi connectivity index (χ0) is 16.8. The summed E-state index contributed by atoms with van der Waals surface area (Å²) in [7, 11) is 0. The standard InChI is InChI=1S/C20H22N2O/c1-13-9-6-7-12-16(13)22-18(23)17-14(2)10-8-11-15(17)21-19(22)20(3,4)5/h6-12H,1-5H3. The number of aromatic nitrogens is 2. The lowest BCUT2D eigenvalue weighted by molar-refractivity contribution is 0.526. The Hall–Kier alpha value is -2.42. The van der Waals surface area contributed by atoms with Crippen LogP contribution in [0.1, 0.15) is 37.7 Å². The van der Waals surface area contributed by atoms with Gasteiger partial charge in [0.2, 0.25) is 0 Å². The van der Waals surface area contributed by atoms with E-state index in [9.17, 15) is 4.79 Å². The third-order valence-electron chi connectivity index (χ3n) is 4.13. The van der Waals surface area contributed by atoms with Crippen molar-refractivity contribution in [2.75, 3.05) is 0 Å². The van der Waals surface area contributed by atoms with Crippen LogP contribution in [0.4, 0.5) is 0 Å². The predicted octanol–water partition coefficient (Wildman–Crippen LogP) is 4.30. The van der Waals surface area contributed by atoms with Crippen LogP contribution in [0.3, 0.4) is 0 Å². The molecule has 3 rings (SSSR count). The van der Waals surface area contributed by atoms with E-state index in [1.54, 1.807) is 4.57 Å². The number of aryl methyl sites for hydroxylation is 2. The predicted molar refractivity (Wildman–Crippen MR) is 95.5 cm³/mol. The molecule has 0 aliphatic rings. The fraction of sp³-hybridized carbons (Fsp3) is 0.300. The summed E-state index contributed by atoms with van der Waals surface area (Å²) in [5, 5.41) is 0.698. The van der Waals surface area contributed by atoms with Crippen LogP contribution in [-0.2, 0) is 5.41 Å². The van der Waals surface area contributed by atoms with Gasteiger partial charge in [0.15, 0.2) is 0 Å². The summed E-state index contributed by atoms with van der Waals surface area (Å²) >= 11 is 0. The first kappa shape index (κ1) is 15.5. The number of benzene rings is 2. The Bertz CT molecular complexity index is 946. The van der Waals surface area contributed by atoms with Crippen LogP contribution in [-0.4, -0.2) is 9.55 Å². The Morgan fingerprint density at radius 2 is 1.57 bits per heavy atom. The summed E-state index contributed by atoms with van der Waals surface area (Å²) in [6, 6.07) is 13.8. The highest BCUT2D eigenvalue weighted by Gasteiger charge is 2.24. The lowest BCUT2D eigenvalue weighted by Gasteiger charge is -2.24. The van der Waals surface area contributed by atoms with Gasteiger partial charge in [-0.05, 0) is 37.1 Å². The molecule has 0 spiro atoms. The molecule has 118 valence electrons. The first-order valence-corrected chi connectivity index (χ1v) is 7.89. The Kier molecular flexibility index (Phi) is 3.59. The van der Waals surface area contributed by atoms with Gasteiger partial charge < -0.3 is 0 Å². The summed E-state index contributed by atoms with van der Waals surface area (Å²) in [6.45, 7) is 10.3. The van der Waals surface area contributed by atoms with Crippen LogP contribution in [0.2, 0.25) is 0 Å². The van der Waals surface area contributed by atoms with E-state index in [1.807, 2.05) is 56.3 Å². The average molecular weight is 306 g/mol. The van der Waals surface area contributed by atoms with Crippen molar-refractivity contribution in [2.24, 2.45) is 0 Å². The lowest BCUT2D eigenvalue weighted by Crippen LogP contribution is -2.31. The molecule has 0 aliphatic heterocycles. The molecule has 0 unspecified atom stereocenters. The lowest BCUT2D eigenvalue weighted by atomic mass is 9.94. The van der Waals surface area contributed by atoms with Gasteiger partial charge in [-0.25, -0.2) is 4.98 Å². The quantitative estimate of drug-likeness (QED) is 0.672. The second-order valence-electron chi connectivity index (χ2n) is 7.08. The maximum atomic E-state index is 13.3. The van der Waals surface area contributed by atoms with E-state index in [-0.39, 0.29) is 11.0 Å². The second-order valence-corrected chi connectivity index (χ2v) is 7.08. The molecule has 0 N–H and O–H groups in total. The molecule has 0 atom stereocenters. The van der Waals surface area contributed by atoms with Crippen LogP contribution in [0.15, 0.2) is 47.3 Å². The molecule has 0 radical (unpaired) electrons. The van der Waals surface area contributed by atoms with Gasteiger partial charge in [-0.3, -0.25) is 9.36 Å². The fourth-order valence-electron chi connectivity index (χ4n) is 2.94. The van der Waals surface area contributed by atoms with E-state index in [0.717, 1.165) is 28.2 Å². The van der Waals surface area contributed by atoms with Crippen LogP contribution in [0.25, 0.3) is 16.6 Å². The van der Waals surface area contributed by atoms with E-state index in [2.05, 4.69) is 20.8 Å². The SMILES string of the molecule is Cc1ccccc1-n1c(C(C)(C)C)nc2cccc(C)c2c1=O. The molecule has 3 aromatic rings. The topological polar surface area (TPSA) is 34.9 Å². The molecule has 0 bridgehead atoms. The van der Waals surface area contributed by atoms with Gasteiger partial charge in [0.1, 0.15) is 5.82 Å². The van der Waals surface area contributed by atoms with Crippen LogP contribution < -0.4 is 5.56 Å². The normalized spacial score (nSPS) is 11.9. The maximum absolute atomic E-state index is 13.3. The smallest absolute Gasteiger partial charge is 0.266 e. The molecule has 0 amide bonds. The molecule has 1 heterocycles. The number of para-hydroxylation sites is 1. The minimum Gasteiger partial charge on any atom is -0.268 e. The minimum absolute atomic E-state index is 0.00678. The van der Waals surface area contributed by atoms with Crippen molar-refractivity contribution in [1.82, 2.24) is 9.55 Å². The summed E-state index contributed by atoms with van der Waals surface area (Å²) in [5.41, 5.74) is 3.47. The number of rotatable bonds is 1. The van der Waals surface area contributed by atoms with Crippen molar-refractivity contribution in [1.29, 1.82) is 0 Å². The van der Waals surface area contributed by atoms with Gasteiger partial charge in [-0.2, -0.15) is 0 Å². The van der Waals surface area contributed by atoms with Gasteiger partial charge >= 0.3 is 0 Å². The number of hydrogen-bond acceptors (Lipinski definition) is 2. The van der Waals surface area contributed by atoms with E-state index >= 15 is 0 Å². The average Bonchev–Trinajstić information content (AvgIpc) is 2.47.